The minimum Gasteiger partial charge on any atom is -0.497 e. The van der Waals surface area contributed by atoms with Crippen LogP contribution in [0, 0.1) is 0 Å². The van der Waals surface area contributed by atoms with E-state index >= 15 is 0 Å². The van der Waals surface area contributed by atoms with Gasteiger partial charge in [-0.25, -0.2) is 4.79 Å². The van der Waals surface area contributed by atoms with Crippen molar-refractivity contribution in [2.24, 2.45) is 0 Å². The largest absolute Gasteiger partial charge is 0.497 e. The van der Waals surface area contributed by atoms with Crippen molar-refractivity contribution in [3.05, 3.63) is 29.8 Å². The summed E-state index contributed by atoms with van der Waals surface area (Å²) >= 11 is 0. The highest BCUT2D eigenvalue weighted by atomic mass is 16.6. The standard InChI is InChI=1S/C15H21NO4/c1-10(17)8-14-11(2)16(15(18)20-14)9-12-4-6-13(19-3)7-5-12/h4-7,10-11,14,17H,8-9H2,1-3H3/t10?,11-,14+/m0/s1. The van der Waals surface area contributed by atoms with Gasteiger partial charge < -0.3 is 14.6 Å². The first kappa shape index (κ1) is 14.7. The number of benzene rings is 1. The van der Waals surface area contributed by atoms with Gasteiger partial charge in [0.25, 0.3) is 0 Å². The summed E-state index contributed by atoms with van der Waals surface area (Å²) < 4.78 is 10.4. The van der Waals surface area contributed by atoms with Crippen molar-refractivity contribution in [2.75, 3.05) is 7.11 Å². The number of carbonyl (C=O) groups is 1. The van der Waals surface area contributed by atoms with E-state index in [1.165, 1.54) is 0 Å². The monoisotopic (exact) mass is 279 g/mol. The third-order valence-corrected chi connectivity index (χ3v) is 3.60. The number of aliphatic hydroxyl groups excluding tert-OH is 1. The van der Waals surface area contributed by atoms with Crippen LogP contribution in [-0.2, 0) is 11.3 Å². The zero-order valence-corrected chi connectivity index (χ0v) is 12.1. The number of cyclic esters (lactones) is 1. The first-order valence-corrected chi connectivity index (χ1v) is 6.79. The topological polar surface area (TPSA) is 59.0 Å². The van der Waals surface area contributed by atoms with E-state index in [1.54, 1.807) is 18.9 Å². The van der Waals surface area contributed by atoms with Crippen molar-refractivity contribution in [1.29, 1.82) is 0 Å². The minimum absolute atomic E-state index is 0.0424. The number of hydrogen-bond acceptors (Lipinski definition) is 4. The maximum atomic E-state index is 11.9. The van der Waals surface area contributed by atoms with Gasteiger partial charge in [-0.1, -0.05) is 12.1 Å². The summed E-state index contributed by atoms with van der Waals surface area (Å²) in [5, 5.41) is 9.43. The van der Waals surface area contributed by atoms with Crippen molar-refractivity contribution < 1.29 is 19.4 Å². The van der Waals surface area contributed by atoms with Crippen LogP contribution in [0.25, 0.3) is 0 Å². The SMILES string of the molecule is COc1ccc(CN2C(=O)O[C@H](CC(C)O)[C@@H]2C)cc1. The fourth-order valence-electron chi connectivity index (χ4n) is 2.38. The average molecular weight is 279 g/mol. The lowest BCUT2D eigenvalue weighted by Crippen LogP contribution is -2.34. The summed E-state index contributed by atoms with van der Waals surface area (Å²) in [7, 11) is 1.62. The summed E-state index contributed by atoms with van der Waals surface area (Å²) in [6.07, 6.45) is -0.581. The Labute approximate surface area is 119 Å². The Hall–Kier alpha value is -1.75. The van der Waals surface area contributed by atoms with Gasteiger partial charge in [-0.15, -0.1) is 0 Å². The van der Waals surface area contributed by atoms with Gasteiger partial charge in [0.15, 0.2) is 0 Å². The van der Waals surface area contributed by atoms with Gasteiger partial charge in [0, 0.05) is 13.0 Å². The van der Waals surface area contributed by atoms with Gasteiger partial charge in [-0.2, -0.15) is 0 Å². The lowest BCUT2D eigenvalue weighted by Gasteiger charge is -2.21. The fraction of sp³-hybridized carbons (Fsp3) is 0.533. The maximum Gasteiger partial charge on any atom is 0.410 e. The second-order valence-corrected chi connectivity index (χ2v) is 5.22. The molecule has 1 fully saturated rings. The quantitative estimate of drug-likeness (QED) is 0.897. The van der Waals surface area contributed by atoms with Gasteiger partial charge in [-0.05, 0) is 31.5 Å². The maximum absolute atomic E-state index is 11.9. The molecule has 1 heterocycles. The number of ether oxygens (including phenoxy) is 2. The van der Waals surface area contributed by atoms with Crippen LogP contribution in [-0.4, -0.2) is 41.5 Å². The predicted molar refractivity (Wildman–Crippen MR) is 74.6 cm³/mol. The third kappa shape index (κ3) is 3.22. The zero-order valence-electron chi connectivity index (χ0n) is 12.1. The number of rotatable bonds is 5. The van der Waals surface area contributed by atoms with Crippen LogP contribution in [0.15, 0.2) is 24.3 Å². The van der Waals surface area contributed by atoms with Gasteiger partial charge in [0.05, 0.1) is 19.3 Å². The fourth-order valence-corrected chi connectivity index (χ4v) is 2.38. The van der Waals surface area contributed by atoms with E-state index in [2.05, 4.69) is 0 Å². The highest BCUT2D eigenvalue weighted by molar-refractivity contribution is 5.70. The number of methoxy groups -OCH3 is 1. The second kappa shape index (κ2) is 6.13. The summed E-state index contributed by atoms with van der Waals surface area (Å²) in [6.45, 7) is 4.15. The molecule has 1 N–H and O–H groups in total. The predicted octanol–water partition coefficient (Wildman–Crippen LogP) is 2.18. The molecule has 0 bridgehead atoms. The van der Waals surface area contributed by atoms with E-state index < -0.39 is 6.10 Å². The molecule has 1 amide bonds. The van der Waals surface area contributed by atoms with Crippen molar-refractivity contribution in [1.82, 2.24) is 4.90 Å². The van der Waals surface area contributed by atoms with Gasteiger partial charge in [0.1, 0.15) is 11.9 Å². The molecule has 1 unspecified atom stereocenters. The average Bonchev–Trinajstić information content (AvgIpc) is 2.66. The van der Waals surface area contributed by atoms with Crippen LogP contribution in [0.4, 0.5) is 4.79 Å². The lowest BCUT2D eigenvalue weighted by atomic mass is 10.1. The van der Waals surface area contributed by atoms with Crippen molar-refractivity contribution >= 4 is 6.09 Å². The van der Waals surface area contributed by atoms with Crippen LogP contribution >= 0.6 is 0 Å². The molecular weight excluding hydrogens is 258 g/mol. The number of carbonyl (C=O) groups excluding carboxylic acids is 1. The van der Waals surface area contributed by atoms with Crippen LogP contribution in [0.5, 0.6) is 5.75 Å². The number of hydrogen-bond donors (Lipinski definition) is 1. The summed E-state index contributed by atoms with van der Waals surface area (Å²) in [6, 6.07) is 7.56. The molecule has 5 heteroatoms. The molecule has 0 aliphatic carbocycles. The van der Waals surface area contributed by atoms with Gasteiger partial charge >= 0.3 is 6.09 Å². The van der Waals surface area contributed by atoms with E-state index in [9.17, 15) is 9.90 Å². The number of nitrogens with zero attached hydrogens (tertiary/aromatic N) is 1. The first-order chi connectivity index (χ1) is 9.51. The van der Waals surface area contributed by atoms with Crippen LogP contribution in [0.1, 0.15) is 25.8 Å². The molecule has 0 saturated carbocycles. The molecule has 1 aliphatic rings. The van der Waals surface area contributed by atoms with Crippen molar-refractivity contribution in [3.8, 4) is 5.75 Å². The molecule has 110 valence electrons. The Bertz CT molecular complexity index is 457. The van der Waals surface area contributed by atoms with E-state index in [-0.39, 0.29) is 18.2 Å². The summed E-state index contributed by atoms with van der Waals surface area (Å²) in [5.41, 5.74) is 1.02. The molecular formula is C15H21NO4. The highest BCUT2D eigenvalue weighted by Gasteiger charge is 2.38. The summed E-state index contributed by atoms with van der Waals surface area (Å²) in [5.74, 6) is 0.790. The minimum atomic E-state index is -0.476. The molecule has 3 atom stereocenters. The molecule has 20 heavy (non-hydrogen) atoms. The molecule has 1 saturated heterocycles. The normalized spacial score (nSPS) is 23.6. The molecule has 5 nitrogen and oxygen atoms in total. The van der Waals surface area contributed by atoms with Gasteiger partial charge in [0.2, 0.25) is 0 Å². The van der Waals surface area contributed by atoms with E-state index in [4.69, 9.17) is 9.47 Å². The Morgan fingerprint density at radius 2 is 2.05 bits per heavy atom. The van der Waals surface area contributed by atoms with Gasteiger partial charge in [-0.3, -0.25) is 4.90 Å². The Morgan fingerprint density at radius 1 is 1.40 bits per heavy atom. The summed E-state index contributed by atoms with van der Waals surface area (Å²) in [4.78, 5) is 13.6. The van der Waals surface area contributed by atoms with Crippen LogP contribution in [0.3, 0.4) is 0 Å². The van der Waals surface area contributed by atoms with E-state index in [1.807, 2.05) is 31.2 Å². The zero-order chi connectivity index (χ0) is 14.7. The molecule has 2 rings (SSSR count). The number of aliphatic hydroxyl groups is 1. The molecule has 1 aromatic carbocycles. The van der Waals surface area contributed by atoms with E-state index in [0.29, 0.717) is 13.0 Å². The lowest BCUT2D eigenvalue weighted by molar-refractivity contribution is 0.0835. The highest BCUT2D eigenvalue weighted by Crippen LogP contribution is 2.25. The molecule has 0 spiro atoms. The first-order valence-electron chi connectivity index (χ1n) is 6.79. The molecule has 1 aromatic rings. The van der Waals surface area contributed by atoms with Crippen LogP contribution < -0.4 is 4.74 Å². The number of amides is 1. The van der Waals surface area contributed by atoms with E-state index in [0.717, 1.165) is 11.3 Å². The van der Waals surface area contributed by atoms with Crippen LogP contribution in [0.2, 0.25) is 0 Å². The van der Waals surface area contributed by atoms with Crippen molar-refractivity contribution in [3.63, 3.8) is 0 Å². The molecule has 1 aliphatic heterocycles. The second-order valence-electron chi connectivity index (χ2n) is 5.22. The Balaban J connectivity index is 2.02. The van der Waals surface area contributed by atoms with Crippen molar-refractivity contribution in [2.45, 2.75) is 45.1 Å². The third-order valence-electron chi connectivity index (χ3n) is 3.60. The molecule has 0 aromatic heterocycles. The Morgan fingerprint density at radius 3 is 2.60 bits per heavy atom. The molecule has 0 radical (unpaired) electrons. The smallest absolute Gasteiger partial charge is 0.410 e. The Kier molecular flexibility index (Phi) is 4.49.